The molecule has 5 aliphatic rings. The van der Waals surface area contributed by atoms with E-state index in [9.17, 15) is 15.0 Å². The van der Waals surface area contributed by atoms with Gasteiger partial charge >= 0.3 is 0 Å². The Hall–Kier alpha value is -15.4. The Morgan fingerprint density at radius 2 is 0.845 bits per heavy atom. The first-order valence-electron chi connectivity index (χ1n) is 48.6. The highest BCUT2D eigenvalue weighted by Crippen LogP contribution is 2.33. The van der Waals surface area contributed by atoms with Gasteiger partial charge in [-0.3, -0.25) is 19.7 Å². The van der Waals surface area contributed by atoms with Crippen LogP contribution in [0.2, 0.25) is 0 Å². The van der Waals surface area contributed by atoms with Crippen LogP contribution in [0.15, 0.2) is 237 Å². The standard InChI is InChI=1S/C27H30N6O.C24H25N5O2.C18H23N7O.C18H23N7.C18H22N6O2/c1-19-6-8-21(9-7-19)24-4-3-5-25-30-27(31-33(24)25)29-23-12-10-22(11-13-23)26(34)28-18-20-14-16-32(2)17-15-20;1-17-16-20(30-2)10-11-21(17)22-4-3-5-23-26-24(27-29(22)23)25-18-6-8-19(9-7-18)28-12-14-31-15-13-28;1-2-23-8-10-24(11-9-23)17-5-3-4-16-21-18(22-25(16)17)20-14-6-7-19-15(12-14)13-26;1-3-23-9-11-24(12-10-23)17-6-4-5-16-21-18(22-25(16)17)20-15-7-8-19-14(2)13-15;1-26-15-6-9-23(10-7-15)17-4-2-3-16-21-18(22-24(16)17)20-13-5-8-19-14(11-13)12-25/h3-13,20H,14-18H2,1-2H3,(H,28,34)(H,29,31);3-11,16H,12-15H2,1-2H3,(H,25,27);3-7,12,26H,2,8-11,13H2,1H3,(H,19,20,22);4-8,13H,3,9-12H2,1-2H3,(H,19,20,22);2-5,8,11,15,25H,6-7,9-10,12H2,1H3,(H,19,20,22). The third-order valence-electron chi connectivity index (χ3n) is 26.1. The van der Waals surface area contributed by atoms with Crippen molar-refractivity contribution in [1.29, 1.82) is 0 Å². The number of likely N-dealkylation sites (tertiary alicyclic amines) is 1. The fourth-order valence-corrected chi connectivity index (χ4v) is 18.0. The summed E-state index contributed by atoms with van der Waals surface area (Å²) in [6.07, 6.45) is 9.71. The Morgan fingerprint density at radius 1 is 0.415 bits per heavy atom. The summed E-state index contributed by atoms with van der Waals surface area (Å²) < 4.78 is 25.6. The molecule has 0 spiro atoms. The Morgan fingerprint density at radius 3 is 1.30 bits per heavy atom. The van der Waals surface area contributed by atoms with Gasteiger partial charge in [-0.1, -0.05) is 74.0 Å². The summed E-state index contributed by atoms with van der Waals surface area (Å²) >= 11 is 0. The first-order valence-corrected chi connectivity index (χ1v) is 48.6. The van der Waals surface area contributed by atoms with Crippen molar-refractivity contribution in [3.63, 3.8) is 0 Å². The van der Waals surface area contributed by atoms with Gasteiger partial charge in [0.25, 0.3) is 5.91 Å². The number of morpholine rings is 1. The molecule has 8 N–H and O–H groups in total. The Bertz CT molecular complexity index is 6890. The number of aryl methyl sites for hydroxylation is 3. The smallest absolute Gasteiger partial charge is 0.251 e. The minimum Gasteiger partial charge on any atom is -0.497 e. The SMILES string of the molecule is CCN1CCN(c2cccc3nc(Nc4ccnc(C)c4)nn23)CC1.CCN1CCN(c2cccc3nc(Nc4ccnc(CO)c4)nn23)CC1.COC1CCN(c2cccc3nc(Nc4ccnc(CO)c4)nn23)CC1.COc1ccc(-c2cccc3nc(Nc4ccc(N5CCOCC5)cc4)nn23)c(C)c1.Cc1ccc(-c2cccc3nc(Nc4ccc(C(=O)NCC5CCN(C)CC5)cc4)nn23)cc1. The van der Waals surface area contributed by atoms with E-state index in [1.807, 2.05) is 157 Å². The number of carbonyl (C=O) groups is 1. The molecular weight excluding hydrogens is 1790 g/mol. The lowest BCUT2D eigenvalue weighted by Crippen LogP contribution is -2.46. The number of aliphatic hydroxyl groups excluding tert-OH is 2. The number of anilines is 14. The fourth-order valence-electron chi connectivity index (χ4n) is 18.0. The van der Waals surface area contributed by atoms with Crippen molar-refractivity contribution < 1.29 is 29.2 Å². The van der Waals surface area contributed by atoms with Crippen molar-refractivity contribution in [2.24, 2.45) is 5.92 Å². The van der Waals surface area contributed by atoms with Gasteiger partial charge in [-0.15, -0.1) is 25.5 Å². The normalized spacial score (nSPS) is 15.1. The van der Waals surface area contributed by atoms with E-state index in [2.05, 4.69) is 240 Å². The number of methoxy groups -OCH3 is 2. The molecule has 0 aliphatic carbocycles. The molecule has 37 nitrogen and oxygen atoms in total. The van der Waals surface area contributed by atoms with E-state index in [-0.39, 0.29) is 19.1 Å². The Balaban J connectivity index is 0.000000118. The van der Waals surface area contributed by atoms with Crippen LogP contribution in [0.1, 0.15) is 78.1 Å². The number of hydrogen-bond acceptors (Lipinski definition) is 31. The van der Waals surface area contributed by atoms with E-state index in [1.54, 1.807) is 44.9 Å². The van der Waals surface area contributed by atoms with Crippen LogP contribution in [0.25, 0.3) is 50.8 Å². The third-order valence-corrected chi connectivity index (χ3v) is 26.1. The van der Waals surface area contributed by atoms with E-state index >= 15 is 0 Å². The van der Waals surface area contributed by atoms with Crippen molar-refractivity contribution in [2.45, 2.75) is 79.6 Å². The number of benzene rings is 4. The van der Waals surface area contributed by atoms with Crippen LogP contribution in [0.3, 0.4) is 0 Å². The zero-order valence-electron chi connectivity index (χ0n) is 81.6. The van der Waals surface area contributed by atoms with E-state index in [0.29, 0.717) is 58.7 Å². The van der Waals surface area contributed by atoms with Crippen LogP contribution in [0, 0.1) is 26.7 Å². The number of aliphatic hydroxyl groups is 2. The van der Waals surface area contributed by atoms with E-state index in [4.69, 9.17) is 19.3 Å². The Labute approximate surface area is 824 Å². The zero-order chi connectivity index (χ0) is 97.8. The number of rotatable bonds is 25. The number of ether oxygens (including phenoxy) is 3. The number of piperidine rings is 2. The second-order valence-electron chi connectivity index (χ2n) is 35.7. The van der Waals surface area contributed by atoms with Crippen LogP contribution in [0.5, 0.6) is 5.75 Å². The lowest BCUT2D eigenvalue weighted by atomic mass is 9.97. The van der Waals surface area contributed by atoms with E-state index in [0.717, 1.165) is 264 Å². The molecule has 5 saturated heterocycles. The summed E-state index contributed by atoms with van der Waals surface area (Å²) in [6.45, 7) is 29.1. The quantitative estimate of drug-likeness (QED) is 0.0263. The first-order chi connectivity index (χ1) is 69.5. The number of carbonyl (C=O) groups excluding carboxylic acids is 1. The van der Waals surface area contributed by atoms with Gasteiger partial charge in [0.1, 0.15) is 23.2 Å². The topological polar surface area (TPSA) is 370 Å². The lowest BCUT2D eigenvalue weighted by Gasteiger charge is -2.35. The van der Waals surface area contributed by atoms with Gasteiger partial charge in [-0.25, -0.2) is 9.03 Å². The summed E-state index contributed by atoms with van der Waals surface area (Å²) in [5.41, 5.74) is 18.8. The molecular formula is C105H123N31O6. The van der Waals surface area contributed by atoms with Crippen molar-refractivity contribution >= 4 is 115 Å². The van der Waals surface area contributed by atoms with Crippen LogP contribution >= 0.6 is 0 Å². The average Bonchev–Trinajstić information content (AvgIpc) is 1.79. The molecule has 18 heterocycles. The zero-order valence-corrected chi connectivity index (χ0v) is 81.6. The number of nitrogens with one attached hydrogen (secondary N) is 6. The molecule has 734 valence electrons. The molecule has 0 atom stereocenters. The molecule has 5 aliphatic heterocycles. The first kappa shape index (κ1) is 96.9. The van der Waals surface area contributed by atoms with Gasteiger partial charge in [-0.05, 0) is 255 Å². The molecule has 4 aromatic carbocycles. The third kappa shape index (κ3) is 24.2. The average molecular weight is 1920 g/mol. The molecule has 142 heavy (non-hydrogen) atoms. The van der Waals surface area contributed by atoms with Crippen molar-refractivity contribution in [1.82, 2.24) is 108 Å². The molecule has 1 amide bonds. The number of nitrogens with zero attached hydrogens (tertiary/aromatic N) is 25. The van der Waals surface area contributed by atoms with E-state index < -0.39 is 0 Å². The van der Waals surface area contributed by atoms with Crippen LogP contribution in [-0.2, 0) is 22.7 Å². The monoisotopic (exact) mass is 1910 g/mol. The van der Waals surface area contributed by atoms with Gasteiger partial charge in [0.05, 0.1) is 62.4 Å². The largest absolute Gasteiger partial charge is 0.497 e. The number of hydrogen-bond donors (Lipinski definition) is 8. The number of likely N-dealkylation sites (N-methyl/N-ethyl adjacent to an activating group) is 2. The minimum absolute atomic E-state index is 0.0286. The molecule has 5 fully saturated rings. The molecule has 0 unspecified atom stereocenters. The lowest BCUT2D eigenvalue weighted by molar-refractivity contribution is 0.0817. The highest BCUT2D eigenvalue weighted by Gasteiger charge is 2.27. The highest BCUT2D eigenvalue weighted by atomic mass is 16.5. The maximum absolute atomic E-state index is 12.6. The van der Waals surface area contributed by atoms with Crippen molar-refractivity contribution in [3.05, 3.63) is 271 Å². The van der Waals surface area contributed by atoms with Crippen LogP contribution in [-0.4, -0.2) is 271 Å². The second kappa shape index (κ2) is 46.1. The highest BCUT2D eigenvalue weighted by molar-refractivity contribution is 5.94. The molecule has 22 rings (SSSR count). The minimum atomic E-state index is -0.101. The number of pyridine rings is 8. The summed E-state index contributed by atoms with van der Waals surface area (Å²) in [5, 5.41) is 61.1. The molecule has 0 radical (unpaired) electrons. The summed E-state index contributed by atoms with van der Waals surface area (Å²) in [7, 11) is 5.60. The predicted octanol–water partition coefficient (Wildman–Crippen LogP) is 14.6. The summed E-state index contributed by atoms with van der Waals surface area (Å²) in [4.78, 5) is 64.6. The van der Waals surface area contributed by atoms with Crippen molar-refractivity contribution in [2.75, 3.05) is 192 Å². The van der Waals surface area contributed by atoms with Crippen LogP contribution in [0.4, 0.5) is 81.3 Å². The number of piperazine rings is 2. The number of aromatic nitrogens is 18. The molecule has 37 heteroatoms. The molecule has 0 bridgehead atoms. The molecule has 13 aromatic heterocycles. The predicted molar refractivity (Wildman–Crippen MR) is 557 cm³/mol. The van der Waals surface area contributed by atoms with Gasteiger partial charge in [-0.2, -0.15) is 38.5 Å². The maximum atomic E-state index is 12.6. The number of fused-ring (bicyclic) bond motifs is 5. The van der Waals surface area contributed by atoms with E-state index in [1.165, 1.54) is 11.3 Å². The summed E-state index contributed by atoms with van der Waals surface area (Å²) in [6, 6.07) is 71.5. The van der Waals surface area contributed by atoms with Crippen LogP contribution < -0.4 is 56.2 Å². The Kier molecular flexibility index (Phi) is 31.5. The number of amides is 1. The second-order valence-corrected chi connectivity index (χ2v) is 35.7. The molecule has 0 saturated carbocycles. The van der Waals surface area contributed by atoms with Gasteiger partial charge in [0, 0.05) is 167 Å². The van der Waals surface area contributed by atoms with Crippen molar-refractivity contribution in [3.8, 4) is 28.3 Å². The fraction of sp³-hybridized carbons (Fsp3) is 0.333. The van der Waals surface area contributed by atoms with Gasteiger partial charge in [0.15, 0.2) is 28.2 Å². The summed E-state index contributed by atoms with van der Waals surface area (Å²) in [5.74, 6) is 7.29. The molecule has 17 aromatic rings. The maximum Gasteiger partial charge on any atom is 0.251 e. The van der Waals surface area contributed by atoms with Gasteiger partial charge in [0.2, 0.25) is 29.7 Å². The van der Waals surface area contributed by atoms with Gasteiger partial charge < -0.3 is 90.6 Å².